The Balaban J connectivity index is 1.80. The van der Waals surface area contributed by atoms with E-state index in [1.165, 1.54) is 25.4 Å². The Kier molecular flexibility index (Phi) is 9.27. The number of carbonyl (C=O) groups excluding carboxylic acids is 1. The average molecular weight is 563 g/mol. The third kappa shape index (κ3) is 7.05. The number of esters is 1. The molecule has 1 unspecified atom stereocenters. The third-order valence-corrected chi connectivity index (χ3v) is 5.63. The number of aromatic amines is 1. The molecule has 0 fully saturated rings. The molecule has 2 aromatic carbocycles. The summed E-state index contributed by atoms with van der Waals surface area (Å²) in [5.74, 6) is 0.599. The summed E-state index contributed by atoms with van der Waals surface area (Å²) < 4.78 is 23.1. The number of carbonyl (C=O) groups is 1. The van der Waals surface area contributed by atoms with Gasteiger partial charge in [0, 0.05) is 38.2 Å². The van der Waals surface area contributed by atoms with Gasteiger partial charge in [0.15, 0.2) is 17.3 Å². The number of anilines is 1. The van der Waals surface area contributed by atoms with Gasteiger partial charge in [-0.05, 0) is 42.8 Å². The molecular weight excluding hydrogens is 532 g/mol. The van der Waals surface area contributed by atoms with Gasteiger partial charge in [0.1, 0.15) is 24.2 Å². The summed E-state index contributed by atoms with van der Waals surface area (Å²) in [5, 5.41) is 15.6. The van der Waals surface area contributed by atoms with E-state index in [0.29, 0.717) is 42.6 Å². The third-order valence-electron chi connectivity index (χ3n) is 5.63. The topological polar surface area (TPSA) is 192 Å². The molecule has 2 heterocycles. The highest BCUT2D eigenvalue weighted by molar-refractivity contribution is 5.98. The molecule has 4 rings (SSSR count). The number of nitrogens with one attached hydrogen (secondary N) is 3. The molecule has 14 nitrogen and oxygen atoms in total. The van der Waals surface area contributed by atoms with E-state index in [1.54, 1.807) is 43.5 Å². The Bertz CT molecular complexity index is 1570. The van der Waals surface area contributed by atoms with Crippen molar-refractivity contribution in [3.63, 3.8) is 0 Å². The van der Waals surface area contributed by atoms with E-state index in [9.17, 15) is 9.59 Å². The maximum atomic E-state index is 12.9. The summed E-state index contributed by atoms with van der Waals surface area (Å²) in [5.41, 5.74) is 6.52. The van der Waals surface area contributed by atoms with Crippen LogP contribution in [0, 0.1) is 5.41 Å². The number of H-pyrrole nitrogens is 1. The molecule has 0 amide bonds. The Labute approximate surface area is 235 Å². The first kappa shape index (κ1) is 28.8. The number of benzene rings is 2. The summed E-state index contributed by atoms with van der Waals surface area (Å²) in [6.07, 6.45) is 3.01. The molecule has 5 N–H and O–H groups in total. The number of hydrogen-bond acceptors (Lipinski definition) is 11. The van der Waals surface area contributed by atoms with Gasteiger partial charge in [-0.2, -0.15) is 0 Å². The first-order chi connectivity index (χ1) is 19.8. The van der Waals surface area contributed by atoms with Crippen molar-refractivity contribution in [2.45, 2.75) is 19.9 Å². The van der Waals surface area contributed by atoms with E-state index < -0.39 is 17.7 Å². The van der Waals surface area contributed by atoms with Gasteiger partial charge in [-0.3, -0.25) is 15.2 Å². The molecule has 2 aromatic heterocycles. The van der Waals surface area contributed by atoms with Crippen LogP contribution in [0.4, 0.5) is 5.69 Å². The normalized spacial score (nSPS) is 11.5. The number of rotatable bonds is 13. The van der Waals surface area contributed by atoms with Crippen LogP contribution in [0.3, 0.4) is 0 Å². The molecule has 0 aliphatic carbocycles. The van der Waals surface area contributed by atoms with E-state index in [-0.39, 0.29) is 28.9 Å². The Morgan fingerprint density at radius 2 is 1.88 bits per heavy atom. The highest BCUT2D eigenvalue weighted by Crippen LogP contribution is 2.34. The molecule has 214 valence electrons. The smallest absolute Gasteiger partial charge is 0.350 e. The number of nitrogen functional groups attached to an aromatic ring is 1. The lowest BCUT2D eigenvalue weighted by Crippen LogP contribution is -2.18. The van der Waals surface area contributed by atoms with Gasteiger partial charge < -0.3 is 30.0 Å². The van der Waals surface area contributed by atoms with Crippen LogP contribution in [0.25, 0.3) is 5.95 Å². The lowest BCUT2D eigenvalue weighted by molar-refractivity contribution is -0.131. The first-order valence-corrected chi connectivity index (χ1v) is 12.6. The van der Waals surface area contributed by atoms with Crippen molar-refractivity contribution in [2.24, 2.45) is 5.73 Å². The van der Waals surface area contributed by atoms with E-state index in [0.717, 1.165) is 4.68 Å². The molecule has 0 aliphatic rings. The van der Waals surface area contributed by atoms with Crippen LogP contribution in [0.2, 0.25) is 0 Å². The second-order valence-corrected chi connectivity index (χ2v) is 8.55. The number of methoxy groups -OCH3 is 1. The monoisotopic (exact) mass is 562 g/mol. The van der Waals surface area contributed by atoms with Crippen LogP contribution < -0.4 is 31.0 Å². The maximum absolute atomic E-state index is 12.9. The fraction of sp³-hybridized carbons (Fsp3) is 0.259. The molecule has 1 atom stereocenters. The predicted molar refractivity (Wildman–Crippen MR) is 149 cm³/mol. The molecule has 14 heteroatoms. The zero-order chi connectivity index (χ0) is 29.4. The number of amidine groups is 1. The largest absolute Gasteiger partial charge is 0.490 e. The van der Waals surface area contributed by atoms with Crippen LogP contribution >= 0.6 is 0 Å². The zero-order valence-electron chi connectivity index (χ0n) is 22.7. The second-order valence-electron chi connectivity index (χ2n) is 8.55. The standard InChI is InChI=1S/C27H30N8O6/c1-4-39-22-14-17(6-9-20(22)40-13-12-38-3)23(25-33-27(37)35(34-25)26-30-10-5-11-31-26)32-18-7-8-19(24(28)29)21(15-18)41-16(2)36/h5-11,14-15,23,32H,4,12-13H2,1-3H3,(H3,28,29)(H,33,34,37). The number of aromatic nitrogens is 5. The van der Waals surface area contributed by atoms with Gasteiger partial charge in [0.05, 0.1) is 18.8 Å². The van der Waals surface area contributed by atoms with E-state index in [2.05, 4.69) is 25.4 Å². The van der Waals surface area contributed by atoms with Gasteiger partial charge in [0.25, 0.3) is 5.95 Å². The van der Waals surface area contributed by atoms with Crippen molar-refractivity contribution in [1.29, 1.82) is 5.41 Å². The molecular formula is C27H30N8O6. The van der Waals surface area contributed by atoms with E-state index >= 15 is 0 Å². The number of nitrogens with zero attached hydrogens (tertiary/aromatic N) is 4. The van der Waals surface area contributed by atoms with Crippen molar-refractivity contribution in [3.8, 4) is 23.2 Å². The van der Waals surface area contributed by atoms with E-state index in [4.69, 9.17) is 30.1 Å². The quantitative estimate of drug-likeness (QED) is 0.0614. The molecule has 0 bridgehead atoms. The van der Waals surface area contributed by atoms with Gasteiger partial charge in [-0.25, -0.2) is 14.8 Å². The Morgan fingerprint density at radius 1 is 1.10 bits per heavy atom. The Morgan fingerprint density at radius 3 is 2.56 bits per heavy atom. The summed E-state index contributed by atoms with van der Waals surface area (Å²) in [6.45, 7) is 4.22. The molecule has 0 radical (unpaired) electrons. The number of hydrogen-bond donors (Lipinski definition) is 4. The van der Waals surface area contributed by atoms with Gasteiger partial charge in [-0.15, -0.1) is 9.78 Å². The number of nitrogens with two attached hydrogens (primary N) is 1. The average Bonchev–Trinajstić information content (AvgIpc) is 3.34. The Hall–Kier alpha value is -5.24. The molecule has 0 spiro atoms. The van der Waals surface area contributed by atoms with Crippen LogP contribution in [-0.4, -0.2) is 63.5 Å². The fourth-order valence-electron chi connectivity index (χ4n) is 3.88. The molecule has 0 saturated heterocycles. The number of ether oxygens (including phenoxy) is 4. The van der Waals surface area contributed by atoms with Crippen molar-refractivity contribution in [3.05, 3.63) is 82.3 Å². The van der Waals surface area contributed by atoms with Crippen LogP contribution in [-0.2, 0) is 9.53 Å². The van der Waals surface area contributed by atoms with Crippen LogP contribution in [0.15, 0.2) is 59.7 Å². The maximum Gasteiger partial charge on any atom is 0.350 e. The van der Waals surface area contributed by atoms with Crippen molar-refractivity contribution in [1.82, 2.24) is 24.7 Å². The van der Waals surface area contributed by atoms with Gasteiger partial charge in [-0.1, -0.05) is 6.07 Å². The fourth-order valence-corrected chi connectivity index (χ4v) is 3.88. The minimum absolute atomic E-state index is 0.0959. The molecule has 41 heavy (non-hydrogen) atoms. The lowest BCUT2D eigenvalue weighted by atomic mass is 10.0. The van der Waals surface area contributed by atoms with Crippen molar-refractivity contribution >= 4 is 17.5 Å². The minimum Gasteiger partial charge on any atom is -0.490 e. The summed E-state index contributed by atoms with van der Waals surface area (Å²) in [6, 6.07) is 11.0. The minimum atomic E-state index is -0.742. The van der Waals surface area contributed by atoms with Crippen LogP contribution in [0.1, 0.15) is 36.8 Å². The highest BCUT2D eigenvalue weighted by Gasteiger charge is 2.23. The first-order valence-electron chi connectivity index (χ1n) is 12.6. The lowest BCUT2D eigenvalue weighted by Gasteiger charge is -2.21. The van der Waals surface area contributed by atoms with E-state index in [1.807, 2.05) is 6.92 Å². The SMILES string of the molecule is CCOc1cc(C(Nc2ccc(C(=N)N)c(OC(C)=O)c2)c2nn(-c3ncccn3)c(=O)[nH]2)ccc1OCCOC. The highest BCUT2D eigenvalue weighted by atomic mass is 16.5. The summed E-state index contributed by atoms with van der Waals surface area (Å²) in [4.78, 5) is 35.6. The van der Waals surface area contributed by atoms with Crippen molar-refractivity contribution in [2.75, 3.05) is 32.2 Å². The summed E-state index contributed by atoms with van der Waals surface area (Å²) in [7, 11) is 1.59. The van der Waals surface area contributed by atoms with Crippen LogP contribution in [0.5, 0.6) is 17.2 Å². The second kappa shape index (κ2) is 13.2. The van der Waals surface area contributed by atoms with Gasteiger partial charge in [0.2, 0.25) is 0 Å². The molecule has 0 aliphatic heterocycles. The molecule has 0 saturated carbocycles. The van der Waals surface area contributed by atoms with Gasteiger partial charge >= 0.3 is 11.7 Å². The van der Waals surface area contributed by atoms with Crippen molar-refractivity contribution < 1.29 is 23.7 Å². The predicted octanol–water partition coefficient (Wildman–Crippen LogP) is 2.19. The zero-order valence-corrected chi connectivity index (χ0v) is 22.7. The molecule has 4 aromatic rings. The summed E-state index contributed by atoms with van der Waals surface area (Å²) >= 11 is 0.